The Morgan fingerprint density at radius 1 is 1.38 bits per heavy atom. The number of hydrogen-bond acceptors (Lipinski definition) is 2. The zero-order valence-corrected chi connectivity index (χ0v) is 10.2. The van der Waals surface area contributed by atoms with Crippen LogP contribution in [0.3, 0.4) is 0 Å². The van der Waals surface area contributed by atoms with Gasteiger partial charge in [-0.2, -0.15) is 0 Å². The maximum atomic E-state index is 10.7. The van der Waals surface area contributed by atoms with Crippen molar-refractivity contribution in [1.82, 2.24) is 4.90 Å². The Morgan fingerprint density at radius 2 is 1.94 bits per heavy atom. The molecule has 4 heteroatoms. The number of nitrogens with zero attached hydrogens (tertiary/aromatic N) is 1. The molecule has 1 N–H and O–H groups in total. The van der Waals surface area contributed by atoms with E-state index in [4.69, 9.17) is 16.7 Å². The molecule has 0 heterocycles. The summed E-state index contributed by atoms with van der Waals surface area (Å²) in [6.07, 6.45) is 0.867. The molecule has 16 heavy (non-hydrogen) atoms. The summed E-state index contributed by atoms with van der Waals surface area (Å²) in [6.45, 7) is 0. The highest BCUT2D eigenvalue weighted by Gasteiger charge is 2.15. The first kappa shape index (κ1) is 13.0. The molecular formula is C12H16ClNO2. The van der Waals surface area contributed by atoms with Crippen molar-refractivity contribution in [3.8, 4) is 0 Å². The third-order valence-electron chi connectivity index (χ3n) is 2.53. The van der Waals surface area contributed by atoms with Crippen LogP contribution in [0.2, 0.25) is 5.02 Å². The lowest BCUT2D eigenvalue weighted by molar-refractivity contribution is -0.138. The van der Waals surface area contributed by atoms with Gasteiger partial charge in [0.1, 0.15) is 0 Å². The number of likely N-dealkylation sites (N-methyl/N-ethyl adjacent to an activating group) is 1. The van der Waals surface area contributed by atoms with Crippen LogP contribution >= 0.6 is 11.6 Å². The summed E-state index contributed by atoms with van der Waals surface area (Å²) in [5.41, 5.74) is 1.10. The van der Waals surface area contributed by atoms with Crippen LogP contribution in [0.1, 0.15) is 12.0 Å². The molecule has 1 aromatic carbocycles. The molecule has 88 valence electrons. The summed E-state index contributed by atoms with van der Waals surface area (Å²) < 4.78 is 0. The standard InChI is InChI=1S/C12H16ClNO2/c1-14(2)11(8-12(15)16)7-9-3-5-10(13)6-4-9/h3-6,11H,7-8H2,1-2H3,(H,15,16). The van der Waals surface area contributed by atoms with Crippen LogP contribution in [0.5, 0.6) is 0 Å². The fourth-order valence-electron chi connectivity index (χ4n) is 1.53. The lowest BCUT2D eigenvalue weighted by Crippen LogP contribution is -2.32. The van der Waals surface area contributed by atoms with Crippen molar-refractivity contribution < 1.29 is 9.90 Å². The topological polar surface area (TPSA) is 40.5 Å². The van der Waals surface area contributed by atoms with E-state index in [1.54, 1.807) is 0 Å². The zero-order valence-electron chi connectivity index (χ0n) is 9.48. The van der Waals surface area contributed by atoms with Gasteiger partial charge in [-0.05, 0) is 38.2 Å². The van der Waals surface area contributed by atoms with E-state index in [1.807, 2.05) is 43.3 Å². The highest BCUT2D eigenvalue weighted by atomic mass is 35.5. The van der Waals surface area contributed by atoms with Gasteiger partial charge in [0.15, 0.2) is 0 Å². The number of aliphatic carboxylic acids is 1. The molecule has 0 aliphatic heterocycles. The Bertz CT molecular complexity index is 349. The molecule has 0 saturated heterocycles. The first-order chi connectivity index (χ1) is 7.49. The Morgan fingerprint density at radius 3 is 2.38 bits per heavy atom. The molecule has 0 aliphatic rings. The molecule has 0 radical (unpaired) electrons. The van der Waals surface area contributed by atoms with E-state index >= 15 is 0 Å². The summed E-state index contributed by atoms with van der Waals surface area (Å²) >= 11 is 5.79. The van der Waals surface area contributed by atoms with Crippen LogP contribution in [0, 0.1) is 0 Å². The van der Waals surface area contributed by atoms with E-state index in [0.717, 1.165) is 12.0 Å². The van der Waals surface area contributed by atoms with Crippen molar-refractivity contribution in [1.29, 1.82) is 0 Å². The van der Waals surface area contributed by atoms with E-state index in [0.29, 0.717) is 5.02 Å². The fourth-order valence-corrected chi connectivity index (χ4v) is 1.66. The van der Waals surface area contributed by atoms with E-state index in [9.17, 15) is 4.79 Å². The van der Waals surface area contributed by atoms with E-state index in [-0.39, 0.29) is 12.5 Å². The van der Waals surface area contributed by atoms with Crippen molar-refractivity contribution in [3.05, 3.63) is 34.9 Å². The minimum Gasteiger partial charge on any atom is -0.481 e. The van der Waals surface area contributed by atoms with Crippen LogP contribution in [0.25, 0.3) is 0 Å². The smallest absolute Gasteiger partial charge is 0.304 e. The molecule has 0 spiro atoms. The Hall–Kier alpha value is -1.06. The monoisotopic (exact) mass is 241 g/mol. The maximum Gasteiger partial charge on any atom is 0.304 e. The summed E-state index contributed by atoms with van der Waals surface area (Å²) in [7, 11) is 3.78. The zero-order chi connectivity index (χ0) is 12.1. The van der Waals surface area contributed by atoms with Crippen LogP contribution in [0.4, 0.5) is 0 Å². The average Bonchev–Trinajstić information content (AvgIpc) is 2.19. The summed E-state index contributed by atoms with van der Waals surface area (Å²) in [5, 5.41) is 9.50. The van der Waals surface area contributed by atoms with Gasteiger partial charge in [0, 0.05) is 11.1 Å². The Balaban J connectivity index is 2.67. The lowest BCUT2D eigenvalue weighted by atomic mass is 10.0. The first-order valence-electron chi connectivity index (χ1n) is 5.11. The van der Waals surface area contributed by atoms with Gasteiger partial charge in [0.25, 0.3) is 0 Å². The van der Waals surface area contributed by atoms with E-state index in [1.165, 1.54) is 0 Å². The highest BCUT2D eigenvalue weighted by molar-refractivity contribution is 6.30. The third kappa shape index (κ3) is 4.21. The predicted octanol–water partition coefficient (Wildman–Crippen LogP) is 2.29. The fraction of sp³-hybridized carbons (Fsp3) is 0.417. The van der Waals surface area contributed by atoms with Gasteiger partial charge in [0.2, 0.25) is 0 Å². The quantitative estimate of drug-likeness (QED) is 0.860. The predicted molar refractivity (Wildman–Crippen MR) is 64.9 cm³/mol. The molecule has 0 saturated carbocycles. The molecule has 0 bridgehead atoms. The van der Waals surface area contributed by atoms with Crippen molar-refractivity contribution in [3.63, 3.8) is 0 Å². The molecule has 1 rings (SSSR count). The molecular weight excluding hydrogens is 226 g/mol. The normalized spacial score (nSPS) is 12.8. The van der Waals surface area contributed by atoms with Crippen molar-refractivity contribution in [2.75, 3.05) is 14.1 Å². The van der Waals surface area contributed by atoms with Gasteiger partial charge < -0.3 is 10.0 Å². The van der Waals surface area contributed by atoms with Crippen LogP contribution < -0.4 is 0 Å². The number of carboxylic acid groups (broad SMARTS) is 1. The molecule has 3 nitrogen and oxygen atoms in total. The Kier molecular flexibility index (Phi) is 4.77. The van der Waals surface area contributed by atoms with Crippen molar-refractivity contribution in [2.45, 2.75) is 18.9 Å². The largest absolute Gasteiger partial charge is 0.481 e. The minimum atomic E-state index is -0.771. The Labute approximate surface area is 101 Å². The first-order valence-corrected chi connectivity index (χ1v) is 5.49. The van der Waals surface area contributed by atoms with Gasteiger partial charge in [-0.1, -0.05) is 23.7 Å². The highest BCUT2D eigenvalue weighted by Crippen LogP contribution is 2.14. The molecule has 1 unspecified atom stereocenters. The van der Waals surface area contributed by atoms with Crippen molar-refractivity contribution in [2.24, 2.45) is 0 Å². The summed E-state index contributed by atoms with van der Waals surface area (Å²) in [4.78, 5) is 12.6. The summed E-state index contributed by atoms with van der Waals surface area (Å²) in [5.74, 6) is -0.771. The second kappa shape index (κ2) is 5.87. The molecule has 1 aromatic rings. The van der Waals surface area contributed by atoms with Gasteiger partial charge in [-0.15, -0.1) is 0 Å². The average molecular weight is 242 g/mol. The second-order valence-corrected chi connectivity index (χ2v) is 4.48. The van der Waals surface area contributed by atoms with Crippen LogP contribution in [-0.2, 0) is 11.2 Å². The SMILES string of the molecule is CN(C)C(CC(=O)O)Cc1ccc(Cl)cc1. The molecule has 0 aromatic heterocycles. The number of carboxylic acids is 1. The number of rotatable bonds is 5. The number of halogens is 1. The molecule has 1 atom stereocenters. The molecule has 0 fully saturated rings. The number of benzene rings is 1. The minimum absolute atomic E-state index is 0.0127. The lowest BCUT2D eigenvalue weighted by Gasteiger charge is -2.22. The number of hydrogen-bond donors (Lipinski definition) is 1. The molecule has 0 amide bonds. The van der Waals surface area contributed by atoms with Gasteiger partial charge in [-0.25, -0.2) is 0 Å². The molecule has 0 aliphatic carbocycles. The van der Waals surface area contributed by atoms with Gasteiger partial charge >= 0.3 is 5.97 Å². The third-order valence-corrected chi connectivity index (χ3v) is 2.78. The van der Waals surface area contributed by atoms with E-state index in [2.05, 4.69) is 0 Å². The van der Waals surface area contributed by atoms with E-state index < -0.39 is 5.97 Å². The number of carbonyl (C=O) groups is 1. The van der Waals surface area contributed by atoms with Gasteiger partial charge in [-0.3, -0.25) is 4.79 Å². The maximum absolute atomic E-state index is 10.7. The summed E-state index contributed by atoms with van der Waals surface area (Å²) in [6, 6.07) is 7.52. The van der Waals surface area contributed by atoms with Crippen molar-refractivity contribution >= 4 is 17.6 Å². The van der Waals surface area contributed by atoms with Gasteiger partial charge in [0.05, 0.1) is 6.42 Å². The van der Waals surface area contributed by atoms with Crippen LogP contribution in [-0.4, -0.2) is 36.1 Å². The second-order valence-electron chi connectivity index (χ2n) is 4.05. The van der Waals surface area contributed by atoms with Crippen LogP contribution in [0.15, 0.2) is 24.3 Å².